The van der Waals surface area contributed by atoms with Crippen LogP contribution in [-0.4, -0.2) is 0 Å². The van der Waals surface area contributed by atoms with Gasteiger partial charge in [0.15, 0.2) is 0 Å². The molecule has 1 aromatic rings. The number of halogens is 3. The first-order valence-electron chi connectivity index (χ1n) is 2.54. The molecular formula is C6H9Cl2FN2. The van der Waals surface area contributed by atoms with Crippen LogP contribution in [0.4, 0.5) is 4.39 Å². The van der Waals surface area contributed by atoms with E-state index in [1.54, 1.807) is 12.1 Å². The molecule has 11 heavy (non-hydrogen) atoms. The molecule has 0 aliphatic carbocycles. The van der Waals surface area contributed by atoms with Crippen molar-refractivity contribution in [2.45, 2.75) is 0 Å². The molecule has 0 atom stereocenters. The quantitative estimate of drug-likeness (QED) is 0.493. The molecule has 0 saturated carbocycles. The van der Waals surface area contributed by atoms with Crippen LogP contribution in [0.1, 0.15) is 0 Å². The molecule has 1 rings (SSSR count). The fourth-order valence-electron chi connectivity index (χ4n) is 0.439. The first-order chi connectivity index (χ1) is 4.80. The van der Waals surface area contributed by atoms with E-state index in [2.05, 4.69) is 11.7 Å². The van der Waals surface area contributed by atoms with Crippen LogP contribution < -0.4 is 11.7 Å². The minimum Gasteiger partial charge on any atom is -0.274 e. The lowest BCUT2D eigenvalue weighted by molar-refractivity contribution is 0.628. The van der Waals surface area contributed by atoms with E-state index in [4.69, 9.17) is 11.6 Å². The first kappa shape index (κ1) is 13.3. The molecule has 0 radical (unpaired) electrons. The van der Waals surface area contributed by atoms with Gasteiger partial charge in [-0.3, -0.25) is 11.7 Å². The predicted molar refractivity (Wildman–Crippen MR) is 47.0 cm³/mol. The Hall–Kier alpha value is -0.350. The number of hydrazine groups is 1. The van der Waals surface area contributed by atoms with Gasteiger partial charge >= 0.3 is 0 Å². The van der Waals surface area contributed by atoms with Crippen molar-refractivity contribution >= 4 is 24.0 Å². The molecule has 0 aliphatic heterocycles. The van der Waals surface area contributed by atoms with E-state index >= 15 is 0 Å². The van der Waals surface area contributed by atoms with Crippen LogP contribution in [0.3, 0.4) is 0 Å². The Kier molecular flexibility index (Phi) is 9.34. The van der Waals surface area contributed by atoms with Crippen molar-refractivity contribution in [3.8, 4) is 0 Å². The molecule has 0 unspecified atom stereocenters. The SMILES string of the molecule is Cl.Fc1ccccc1Cl.NN. The van der Waals surface area contributed by atoms with E-state index < -0.39 is 0 Å². The van der Waals surface area contributed by atoms with Gasteiger partial charge in [0.05, 0.1) is 5.02 Å². The van der Waals surface area contributed by atoms with Gasteiger partial charge in [-0.2, -0.15) is 0 Å². The Bertz CT molecular complexity index is 175. The van der Waals surface area contributed by atoms with Crippen LogP contribution in [0.15, 0.2) is 24.3 Å². The smallest absolute Gasteiger partial charge is 0.141 e. The molecule has 1 aromatic carbocycles. The molecule has 0 saturated heterocycles. The zero-order valence-electron chi connectivity index (χ0n) is 5.63. The largest absolute Gasteiger partial charge is 0.274 e. The van der Waals surface area contributed by atoms with Gasteiger partial charge in [0.2, 0.25) is 0 Å². The van der Waals surface area contributed by atoms with Crippen LogP contribution >= 0.6 is 24.0 Å². The zero-order chi connectivity index (χ0) is 7.98. The minimum atomic E-state index is -0.367. The average molecular weight is 199 g/mol. The Morgan fingerprint density at radius 1 is 1.18 bits per heavy atom. The van der Waals surface area contributed by atoms with Crippen molar-refractivity contribution in [3.63, 3.8) is 0 Å². The molecule has 0 aromatic heterocycles. The maximum Gasteiger partial charge on any atom is 0.141 e. The van der Waals surface area contributed by atoms with Crippen molar-refractivity contribution in [1.29, 1.82) is 0 Å². The monoisotopic (exact) mass is 198 g/mol. The molecule has 2 nitrogen and oxygen atoms in total. The maximum absolute atomic E-state index is 12.2. The van der Waals surface area contributed by atoms with Crippen molar-refractivity contribution in [3.05, 3.63) is 35.1 Å². The summed E-state index contributed by atoms with van der Waals surface area (Å²) in [6, 6.07) is 6.12. The van der Waals surface area contributed by atoms with E-state index in [-0.39, 0.29) is 23.2 Å². The van der Waals surface area contributed by atoms with Crippen LogP contribution in [0.25, 0.3) is 0 Å². The average Bonchev–Trinajstić information content (AvgIpc) is 2.00. The highest BCUT2D eigenvalue weighted by molar-refractivity contribution is 6.30. The van der Waals surface area contributed by atoms with Crippen LogP contribution in [0.5, 0.6) is 0 Å². The second kappa shape index (κ2) is 7.75. The van der Waals surface area contributed by atoms with Gasteiger partial charge in [-0.1, -0.05) is 23.7 Å². The van der Waals surface area contributed by atoms with E-state index in [0.717, 1.165) is 0 Å². The van der Waals surface area contributed by atoms with Crippen LogP contribution in [0, 0.1) is 5.82 Å². The van der Waals surface area contributed by atoms with Gasteiger partial charge in [0.1, 0.15) is 5.82 Å². The van der Waals surface area contributed by atoms with Gasteiger partial charge < -0.3 is 0 Å². The summed E-state index contributed by atoms with van der Waals surface area (Å²) in [7, 11) is 0. The lowest BCUT2D eigenvalue weighted by Crippen LogP contribution is -2.02. The highest BCUT2D eigenvalue weighted by Gasteiger charge is 1.91. The fraction of sp³-hybridized carbons (Fsp3) is 0. The highest BCUT2D eigenvalue weighted by atomic mass is 35.5. The molecule has 0 fully saturated rings. The zero-order valence-corrected chi connectivity index (χ0v) is 7.20. The molecule has 0 bridgehead atoms. The van der Waals surface area contributed by atoms with Crippen molar-refractivity contribution in [1.82, 2.24) is 0 Å². The van der Waals surface area contributed by atoms with E-state index in [1.807, 2.05) is 0 Å². The summed E-state index contributed by atoms with van der Waals surface area (Å²) in [5.41, 5.74) is 0. The van der Waals surface area contributed by atoms with Crippen molar-refractivity contribution in [2.75, 3.05) is 0 Å². The number of benzene rings is 1. The molecule has 0 aliphatic rings. The van der Waals surface area contributed by atoms with E-state index in [1.165, 1.54) is 12.1 Å². The molecule has 5 heteroatoms. The molecule has 0 amide bonds. The fourth-order valence-corrected chi connectivity index (χ4v) is 0.575. The van der Waals surface area contributed by atoms with Gasteiger partial charge in [-0.15, -0.1) is 12.4 Å². The second-order valence-electron chi connectivity index (χ2n) is 1.41. The number of hydrogen-bond acceptors (Lipinski definition) is 2. The van der Waals surface area contributed by atoms with Crippen molar-refractivity contribution < 1.29 is 4.39 Å². The summed E-state index contributed by atoms with van der Waals surface area (Å²) in [6.07, 6.45) is 0. The third-order valence-electron chi connectivity index (χ3n) is 0.824. The molecule has 64 valence electrons. The number of nitrogens with two attached hydrogens (primary N) is 2. The van der Waals surface area contributed by atoms with E-state index in [0.29, 0.717) is 0 Å². The highest BCUT2D eigenvalue weighted by Crippen LogP contribution is 2.11. The Morgan fingerprint density at radius 3 is 1.91 bits per heavy atom. The van der Waals surface area contributed by atoms with Gasteiger partial charge in [0.25, 0.3) is 0 Å². The van der Waals surface area contributed by atoms with E-state index in [9.17, 15) is 4.39 Å². The first-order valence-corrected chi connectivity index (χ1v) is 2.92. The lowest BCUT2D eigenvalue weighted by atomic mass is 10.4. The van der Waals surface area contributed by atoms with Gasteiger partial charge in [0, 0.05) is 0 Å². The minimum absolute atomic E-state index is 0. The maximum atomic E-state index is 12.2. The molecular weight excluding hydrogens is 190 g/mol. The topological polar surface area (TPSA) is 52.0 Å². The summed E-state index contributed by atoms with van der Waals surface area (Å²) in [5, 5.41) is 0.174. The number of hydrogen-bond donors (Lipinski definition) is 2. The Morgan fingerprint density at radius 2 is 1.64 bits per heavy atom. The Balaban J connectivity index is 0. The third kappa shape index (κ3) is 4.98. The molecule has 0 heterocycles. The Labute approximate surface area is 75.7 Å². The lowest BCUT2D eigenvalue weighted by Gasteiger charge is -1.86. The van der Waals surface area contributed by atoms with Gasteiger partial charge in [-0.05, 0) is 12.1 Å². The normalized spacial score (nSPS) is 7.27. The summed E-state index contributed by atoms with van der Waals surface area (Å²) >= 11 is 5.33. The molecule has 0 spiro atoms. The summed E-state index contributed by atoms with van der Waals surface area (Å²) in [6.45, 7) is 0. The third-order valence-corrected chi connectivity index (χ3v) is 1.13. The van der Waals surface area contributed by atoms with Crippen molar-refractivity contribution in [2.24, 2.45) is 11.7 Å². The summed E-state index contributed by atoms with van der Waals surface area (Å²) in [5.74, 6) is 7.63. The molecule has 4 N–H and O–H groups in total. The number of rotatable bonds is 0. The van der Waals surface area contributed by atoms with Crippen LogP contribution in [0.2, 0.25) is 5.02 Å². The van der Waals surface area contributed by atoms with Crippen LogP contribution in [-0.2, 0) is 0 Å². The summed E-state index contributed by atoms with van der Waals surface area (Å²) in [4.78, 5) is 0. The standard InChI is InChI=1S/C6H4ClF.ClH.H4N2/c7-5-3-1-2-4-6(5)8;;1-2/h1-4H;1H;1-2H2. The predicted octanol–water partition coefficient (Wildman–Crippen LogP) is 1.72. The summed E-state index contributed by atoms with van der Waals surface area (Å²) < 4.78 is 12.2. The second-order valence-corrected chi connectivity index (χ2v) is 1.82. The van der Waals surface area contributed by atoms with Gasteiger partial charge in [-0.25, -0.2) is 4.39 Å².